The van der Waals surface area contributed by atoms with Gasteiger partial charge in [0.2, 0.25) is 0 Å². The van der Waals surface area contributed by atoms with Crippen molar-refractivity contribution in [3.63, 3.8) is 0 Å². The van der Waals surface area contributed by atoms with Crippen molar-refractivity contribution >= 4 is 0 Å². The van der Waals surface area contributed by atoms with E-state index < -0.39 is 0 Å². The number of nitrogens with zero attached hydrogens (tertiary/aromatic N) is 3. The highest BCUT2D eigenvalue weighted by Crippen LogP contribution is 2.11. The van der Waals surface area contributed by atoms with E-state index in [9.17, 15) is 0 Å². The molecule has 1 heterocycles. The molecule has 0 fully saturated rings. The van der Waals surface area contributed by atoms with Crippen molar-refractivity contribution in [2.24, 2.45) is 5.73 Å². The van der Waals surface area contributed by atoms with Gasteiger partial charge in [0, 0.05) is 30.9 Å². The largest absolute Gasteiger partial charge is 0.330 e. The van der Waals surface area contributed by atoms with E-state index in [2.05, 4.69) is 35.2 Å². The Hall–Kier alpha value is -0.870. The van der Waals surface area contributed by atoms with Gasteiger partial charge < -0.3 is 15.2 Å². The van der Waals surface area contributed by atoms with E-state index in [0.717, 1.165) is 26.1 Å². The molecule has 92 valence electrons. The Morgan fingerprint density at radius 3 is 2.69 bits per heavy atom. The third-order valence-corrected chi connectivity index (χ3v) is 3.04. The molecule has 4 nitrogen and oxygen atoms in total. The topological polar surface area (TPSA) is 47.1 Å². The summed E-state index contributed by atoms with van der Waals surface area (Å²) in [5.41, 5.74) is 6.83. The van der Waals surface area contributed by atoms with Crippen LogP contribution in [-0.4, -0.2) is 40.6 Å². The Bertz CT molecular complexity index is 291. The van der Waals surface area contributed by atoms with Gasteiger partial charge in [-0.3, -0.25) is 0 Å². The van der Waals surface area contributed by atoms with Gasteiger partial charge in [-0.15, -0.1) is 0 Å². The fraction of sp³-hybridized carbons (Fsp3) is 0.750. The molecule has 0 saturated heterocycles. The second-order valence-electron chi connectivity index (χ2n) is 4.17. The number of hydrogen-bond donors (Lipinski definition) is 1. The molecule has 4 heteroatoms. The van der Waals surface area contributed by atoms with Crippen LogP contribution in [0.4, 0.5) is 0 Å². The first-order chi connectivity index (χ1) is 7.72. The number of nitrogens with two attached hydrogens (primary N) is 1. The first-order valence-corrected chi connectivity index (χ1v) is 6.16. The summed E-state index contributed by atoms with van der Waals surface area (Å²) in [5.74, 6) is 0. The maximum Gasteiger partial charge on any atom is 0.0951 e. The third-order valence-electron chi connectivity index (χ3n) is 3.04. The molecule has 0 aromatic carbocycles. The van der Waals surface area contributed by atoms with Crippen LogP contribution in [-0.2, 0) is 6.42 Å². The van der Waals surface area contributed by atoms with Crippen LogP contribution in [0.2, 0.25) is 0 Å². The van der Waals surface area contributed by atoms with E-state index in [4.69, 9.17) is 5.73 Å². The number of rotatable bonds is 7. The van der Waals surface area contributed by atoms with Crippen LogP contribution in [0.25, 0.3) is 0 Å². The van der Waals surface area contributed by atoms with Crippen molar-refractivity contribution in [2.75, 3.05) is 26.2 Å². The summed E-state index contributed by atoms with van der Waals surface area (Å²) in [5, 5.41) is 0. The zero-order chi connectivity index (χ0) is 12.0. The van der Waals surface area contributed by atoms with Crippen LogP contribution < -0.4 is 5.73 Å². The number of aromatic nitrogens is 2. The summed E-state index contributed by atoms with van der Waals surface area (Å²) in [4.78, 5) is 6.64. The molecule has 2 N–H and O–H groups in total. The lowest BCUT2D eigenvalue weighted by molar-refractivity contribution is 0.259. The van der Waals surface area contributed by atoms with Crippen LogP contribution in [0.5, 0.6) is 0 Å². The Labute approximate surface area is 98.5 Å². The Kier molecular flexibility index (Phi) is 5.49. The molecule has 0 aliphatic carbocycles. The second-order valence-corrected chi connectivity index (χ2v) is 4.17. The third kappa shape index (κ3) is 3.32. The van der Waals surface area contributed by atoms with Crippen molar-refractivity contribution in [2.45, 2.75) is 33.2 Å². The Balaban J connectivity index is 2.64. The van der Waals surface area contributed by atoms with E-state index >= 15 is 0 Å². The van der Waals surface area contributed by atoms with Gasteiger partial charge in [0.05, 0.1) is 6.33 Å². The minimum Gasteiger partial charge on any atom is -0.330 e. The van der Waals surface area contributed by atoms with E-state index in [1.54, 1.807) is 0 Å². The van der Waals surface area contributed by atoms with Gasteiger partial charge in [0.1, 0.15) is 0 Å². The predicted molar refractivity (Wildman–Crippen MR) is 67.5 cm³/mol. The smallest absolute Gasteiger partial charge is 0.0951 e. The molecule has 0 aliphatic rings. The summed E-state index contributed by atoms with van der Waals surface area (Å²) < 4.78 is 2.24. The van der Waals surface area contributed by atoms with Gasteiger partial charge in [0.15, 0.2) is 0 Å². The maximum atomic E-state index is 5.59. The van der Waals surface area contributed by atoms with Gasteiger partial charge in [-0.2, -0.15) is 0 Å². The normalized spacial score (nSPS) is 13.3. The van der Waals surface area contributed by atoms with Crippen LogP contribution in [0.3, 0.4) is 0 Å². The molecule has 1 unspecified atom stereocenters. The molecule has 0 aliphatic heterocycles. The first-order valence-electron chi connectivity index (χ1n) is 6.16. The van der Waals surface area contributed by atoms with E-state index in [1.165, 1.54) is 5.69 Å². The van der Waals surface area contributed by atoms with Crippen molar-refractivity contribution in [3.8, 4) is 0 Å². The zero-order valence-electron chi connectivity index (χ0n) is 10.7. The lowest BCUT2D eigenvalue weighted by Gasteiger charge is -2.24. The van der Waals surface area contributed by atoms with E-state index in [1.807, 2.05) is 12.5 Å². The Morgan fingerprint density at radius 1 is 1.44 bits per heavy atom. The van der Waals surface area contributed by atoms with Crippen molar-refractivity contribution in [1.29, 1.82) is 0 Å². The maximum absolute atomic E-state index is 5.59. The van der Waals surface area contributed by atoms with Crippen LogP contribution in [0.1, 0.15) is 32.5 Å². The van der Waals surface area contributed by atoms with E-state index in [0.29, 0.717) is 12.6 Å². The fourth-order valence-corrected chi connectivity index (χ4v) is 2.01. The lowest BCUT2D eigenvalue weighted by Crippen LogP contribution is -2.30. The van der Waals surface area contributed by atoms with Crippen LogP contribution in [0.15, 0.2) is 12.5 Å². The summed E-state index contributed by atoms with van der Waals surface area (Å²) >= 11 is 0. The van der Waals surface area contributed by atoms with Crippen LogP contribution in [0, 0.1) is 0 Å². The zero-order valence-corrected chi connectivity index (χ0v) is 10.7. The summed E-state index contributed by atoms with van der Waals surface area (Å²) in [6, 6.07) is 0.462. The molecule has 0 amide bonds. The van der Waals surface area contributed by atoms with E-state index in [-0.39, 0.29) is 0 Å². The highest BCUT2D eigenvalue weighted by Gasteiger charge is 2.11. The van der Waals surface area contributed by atoms with Crippen LogP contribution >= 0.6 is 0 Å². The molecule has 0 saturated carbocycles. The second kappa shape index (κ2) is 6.66. The molecule has 1 rings (SSSR count). The van der Waals surface area contributed by atoms with Crippen molar-refractivity contribution in [3.05, 3.63) is 18.2 Å². The summed E-state index contributed by atoms with van der Waals surface area (Å²) in [6.07, 6.45) is 4.74. The molecule has 1 aromatic heterocycles. The highest BCUT2D eigenvalue weighted by molar-refractivity contribution is 5.00. The predicted octanol–water partition coefficient (Wildman–Crippen LogP) is 1.29. The number of likely N-dealkylation sites (N-methyl/N-ethyl adjacent to an activating group) is 1. The Morgan fingerprint density at radius 2 is 2.12 bits per heavy atom. The van der Waals surface area contributed by atoms with Gasteiger partial charge in [-0.25, -0.2) is 4.98 Å². The van der Waals surface area contributed by atoms with Gasteiger partial charge >= 0.3 is 0 Å². The fourth-order valence-electron chi connectivity index (χ4n) is 2.01. The summed E-state index contributed by atoms with van der Waals surface area (Å²) in [7, 11) is 0. The molecule has 0 bridgehead atoms. The standard InChI is InChI=1S/C12H24N4/c1-4-15(5-2)9-11(3)16-10-14-8-12(16)6-7-13/h8,10-11H,4-7,9,13H2,1-3H3. The molecular formula is C12H24N4. The SMILES string of the molecule is CCN(CC)CC(C)n1cncc1CCN. The minimum absolute atomic E-state index is 0.462. The van der Waals surface area contributed by atoms with Gasteiger partial charge in [-0.1, -0.05) is 13.8 Å². The van der Waals surface area contributed by atoms with Crippen molar-refractivity contribution < 1.29 is 0 Å². The van der Waals surface area contributed by atoms with Gasteiger partial charge in [0.25, 0.3) is 0 Å². The quantitative estimate of drug-likeness (QED) is 0.759. The average Bonchev–Trinajstić information content (AvgIpc) is 2.74. The number of imidazole rings is 1. The molecule has 1 aromatic rings. The minimum atomic E-state index is 0.462. The molecular weight excluding hydrogens is 200 g/mol. The molecule has 0 radical (unpaired) electrons. The highest BCUT2D eigenvalue weighted by atomic mass is 15.2. The molecule has 1 atom stereocenters. The molecule has 0 spiro atoms. The van der Waals surface area contributed by atoms with Crippen molar-refractivity contribution in [1.82, 2.24) is 14.5 Å². The monoisotopic (exact) mass is 224 g/mol. The number of hydrogen-bond acceptors (Lipinski definition) is 3. The molecule has 16 heavy (non-hydrogen) atoms. The summed E-state index contributed by atoms with van der Waals surface area (Å²) in [6.45, 7) is 10.6. The lowest BCUT2D eigenvalue weighted by atomic mass is 10.2. The average molecular weight is 224 g/mol. The first kappa shape index (κ1) is 13.2. The van der Waals surface area contributed by atoms with Gasteiger partial charge in [-0.05, 0) is 26.6 Å².